The van der Waals surface area contributed by atoms with Gasteiger partial charge in [-0.25, -0.2) is 0 Å². The molecule has 98 valence electrons. The summed E-state index contributed by atoms with van der Waals surface area (Å²) in [5.41, 5.74) is 4.90. The monoisotopic (exact) mass is 282 g/mol. The number of halogens is 1. The maximum absolute atomic E-state index is 6.02. The minimum absolute atomic E-state index is 0.695. The van der Waals surface area contributed by atoms with E-state index in [9.17, 15) is 0 Å². The summed E-state index contributed by atoms with van der Waals surface area (Å²) < 4.78 is 1.87. The third-order valence-corrected chi connectivity index (χ3v) is 3.68. The molecule has 0 radical (unpaired) electrons. The van der Waals surface area contributed by atoms with Gasteiger partial charge in [0.2, 0.25) is 0 Å². The number of H-pyrrole nitrogens is 1. The maximum Gasteiger partial charge on any atom is 0.0945 e. The lowest BCUT2D eigenvalue weighted by Crippen LogP contribution is -1.93. The molecule has 3 heterocycles. The topological polar surface area (TPSA) is 46.5 Å². The van der Waals surface area contributed by atoms with Crippen LogP contribution < -0.4 is 0 Å². The second-order valence-corrected chi connectivity index (χ2v) is 5.19. The van der Waals surface area contributed by atoms with E-state index in [1.807, 2.05) is 48.1 Å². The van der Waals surface area contributed by atoms with Gasteiger partial charge in [0.25, 0.3) is 0 Å². The molecule has 0 saturated carbocycles. The van der Waals surface area contributed by atoms with Crippen molar-refractivity contribution in [3.63, 3.8) is 0 Å². The van der Waals surface area contributed by atoms with Gasteiger partial charge >= 0.3 is 0 Å². The third-order valence-electron chi connectivity index (χ3n) is 3.44. The molecular formula is C15H11ClN4. The summed E-state index contributed by atoms with van der Waals surface area (Å²) in [5.74, 6) is 0. The van der Waals surface area contributed by atoms with Crippen molar-refractivity contribution < 1.29 is 0 Å². The highest BCUT2D eigenvalue weighted by Crippen LogP contribution is 2.30. The van der Waals surface area contributed by atoms with Gasteiger partial charge in [0.05, 0.1) is 27.9 Å². The molecule has 4 aromatic rings. The molecule has 1 aromatic carbocycles. The van der Waals surface area contributed by atoms with Crippen molar-refractivity contribution >= 4 is 33.5 Å². The molecule has 0 saturated heterocycles. The molecule has 0 aliphatic rings. The molecule has 3 aromatic heterocycles. The van der Waals surface area contributed by atoms with Crippen molar-refractivity contribution in [1.29, 1.82) is 0 Å². The SMILES string of the molecule is Cn1nc2cc(Cl)ccc2c1-c1cc2ncccc2[nH]1. The number of aromatic amines is 1. The average molecular weight is 283 g/mol. The van der Waals surface area contributed by atoms with Gasteiger partial charge in [0.15, 0.2) is 0 Å². The maximum atomic E-state index is 6.02. The molecule has 4 nitrogen and oxygen atoms in total. The third kappa shape index (κ3) is 1.62. The van der Waals surface area contributed by atoms with E-state index in [1.165, 1.54) is 0 Å². The summed E-state index contributed by atoms with van der Waals surface area (Å²) in [6.45, 7) is 0. The van der Waals surface area contributed by atoms with Crippen LogP contribution in [0, 0.1) is 0 Å². The Balaban J connectivity index is 2.03. The van der Waals surface area contributed by atoms with Gasteiger partial charge in [-0.3, -0.25) is 9.67 Å². The van der Waals surface area contributed by atoms with Crippen LogP contribution in [0.15, 0.2) is 42.6 Å². The molecular weight excluding hydrogens is 272 g/mol. The zero-order valence-corrected chi connectivity index (χ0v) is 11.5. The van der Waals surface area contributed by atoms with E-state index in [-0.39, 0.29) is 0 Å². The predicted molar refractivity (Wildman–Crippen MR) is 80.8 cm³/mol. The van der Waals surface area contributed by atoms with E-state index in [0.717, 1.165) is 33.3 Å². The van der Waals surface area contributed by atoms with Gasteiger partial charge in [-0.15, -0.1) is 0 Å². The zero-order chi connectivity index (χ0) is 13.7. The van der Waals surface area contributed by atoms with Crippen LogP contribution in [0.1, 0.15) is 0 Å². The molecule has 0 aliphatic heterocycles. The fourth-order valence-electron chi connectivity index (χ4n) is 2.58. The first kappa shape index (κ1) is 11.5. The Labute approximate surface area is 120 Å². The molecule has 0 fully saturated rings. The van der Waals surface area contributed by atoms with E-state index in [4.69, 9.17) is 11.6 Å². The number of rotatable bonds is 1. The van der Waals surface area contributed by atoms with Gasteiger partial charge in [0, 0.05) is 23.7 Å². The average Bonchev–Trinajstić information content (AvgIpc) is 2.97. The van der Waals surface area contributed by atoms with Crippen LogP contribution in [0.4, 0.5) is 0 Å². The summed E-state index contributed by atoms with van der Waals surface area (Å²) in [6.07, 6.45) is 1.79. The predicted octanol–water partition coefficient (Wildman–Crippen LogP) is 3.77. The first-order valence-electron chi connectivity index (χ1n) is 6.29. The minimum Gasteiger partial charge on any atom is -0.352 e. The first-order valence-corrected chi connectivity index (χ1v) is 6.66. The Hall–Kier alpha value is -2.33. The molecule has 0 bridgehead atoms. The highest BCUT2D eigenvalue weighted by atomic mass is 35.5. The van der Waals surface area contributed by atoms with Crippen LogP contribution in [0.5, 0.6) is 0 Å². The Bertz CT molecular complexity index is 903. The highest BCUT2D eigenvalue weighted by Gasteiger charge is 2.13. The van der Waals surface area contributed by atoms with E-state index in [0.29, 0.717) is 5.02 Å². The number of benzene rings is 1. The highest BCUT2D eigenvalue weighted by molar-refractivity contribution is 6.31. The molecule has 5 heteroatoms. The number of hydrogen-bond donors (Lipinski definition) is 1. The number of hydrogen-bond acceptors (Lipinski definition) is 2. The van der Waals surface area contributed by atoms with Crippen LogP contribution in [-0.4, -0.2) is 19.7 Å². The van der Waals surface area contributed by atoms with Crippen LogP contribution in [0.3, 0.4) is 0 Å². The van der Waals surface area contributed by atoms with Crippen LogP contribution in [0.2, 0.25) is 5.02 Å². The normalized spacial score (nSPS) is 11.5. The molecule has 0 spiro atoms. The summed E-state index contributed by atoms with van der Waals surface area (Å²) in [6, 6.07) is 11.7. The molecule has 1 N–H and O–H groups in total. The molecule has 0 aliphatic carbocycles. The van der Waals surface area contributed by atoms with Crippen molar-refractivity contribution in [2.75, 3.05) is 0 Å². The second kappa shape index (κ2) is 4.08. The van der Waals surface area contributed by atoms with Gasteiger partial charge < -0.3 is 4.98 Å². The lowest BCUT2D eigenvalue weighted by atomic mass is 10.1. The van der Waals surface area contributed by atoms with Crippen molar-refractivity contribution in [1.82, 2.24) is 19.7 Å². The Morgan fingerprint density at radius 3 is 2.90 bits per heavy atom. The fourth-order valence-corrected chi connectivity index (χ4v) is 2.74. The number of aryl methyl sites for hydroxylation is 1. The van der Waals surface area contributed by atoms with Crippen molar-refractivity contribution in [2.45, 2.75) is 0 Å². The lowest BCUT2D eigenvalue weighted by Gasteiger charge is -1.99. The molecule has 0 unspecified atom stereocenters. The smallest absolute Gasteiger partial charge is 0.0945 e. The Morgan fingerprint density at radius 1 is 1.15 bits per heavy atom. The van der Waals surface area contributed by atoms with Crippen molar-refractivity contribution in [3.8, 4) is 11.4 Å². The van der Waals surface area contributed by atoms with Gasteiger partial charge in [0.1, 0.15) is 0 Å². The van der Waals surface area contributed by atoms with Crippen LogP contribution >= 0.6 is 11.6 Å². The van der Waals surface area contributed by atoms with Crippen LogP contribution in [-0.2, 0) is 7.05 Å². The largest absolute Gasteiger partial charge is 0.352 e. The van der Waals surface area contributed by atoms with Gasteiger partial charge in [-0.1, -0.05) is 11.6 Å². The van der Waals surface area contributed by atoms with E-state index in [1.54, 1.807) is 6.20 Å². The number of pyridine rings is 1. The van der Waals surface area contributed by atoms with Gasteiger partial charge in [-0.05, 0) is 36.4 Å². The summed E-state index contributed by atoms with van der Waals surface area (Å²) >= 11 is 6.02. The number of nitrogens with zero attached hydrogens (tertiary/aromatic N) is 3. The van der Waals surface area contributed by atoms with Crippen LogP contribution in [0.25, 0.3) is 33.3 Å². The van der Waals surface area contributed by atoms with E-state index < -0.39 is 0 Å². The molecule has 20 heavy (non-hydrogen) atoms. The first-order chi connectivity index (χ1) is 9.72. The number of fused-ring (bicyclic) bond motifs is 2. The van der Waals surface area contributed by atoms with Gasteiger partial charge in [-0.2, -0.15) is 5.10 Å². The van der Waals surface area contributed by atoms with E-state index in [2.05, 4.69) is 15.1 Å². The standard InChI is InChI=1S/C15H11ClN4/c1-20-15(10-5-4-9(16)7-12(10)19-20)14-8-13-11(18-14)3-2-6-17-13/h2-8,18H,1H3. The Morgan fingerprint density at radius 2 is 2.05 bits per heavy atom. The van der Waals surface area contributed by atoms with Crippen molar-refractivity contribution in [2.24, 2.45) is 7.05 Å². The number of nitrogens with one attached hydrogen (secondary N) is 1. The fraction of sp³-hybridized carbons (Fsp3) is 0.0667. The Kier molecular flexibility index (Phi) is 2.35. The molecule has 0 amide bonds. The summed E-state index contributed by atoms with van der Waals surface area (Å²) in [4.78, 5) is 7.74. The van der Waals surface area contributed by atoms with Crippen molar-refractivity contribution in [3.05, 3.63) is 47.6 Å². The molecule has 0 atom stereocenters. The second-order valence-electron chi connectivity index (χ2n) is 4.75. The number of aromatic nitrogens is 4. The minimum atomic E-state index is 0.695. The molecule has 4 rings (SSSR count). The summed E-state index contributed by atoms with van der Waals surface area (Å²) in [7, 11) is 1.93. The lowest BCUT2D eigenvalue weighted by molar-refractivity contribution is 0.786. The quantitative estimate of drug-likeness (QED) is 0.578. The zero-order valence-electron chi connectivity index (χ0n) is 10.8. The van der Waals surface area contributed by atoms with E-state index >= 15 is 0 Å². The summed E-state index contributed by atoms with van der Waals surface area (Å²) in [5, 5.41) is 6.28.